The Morgan fingerprint density at radius 1 is 1.13 bits per heavy atom. The molecule has 1 fully saturated rings. The van der Waals surface area contributed by atoms with Gasteiger partial charge in [-0.25, -0.2) is 4.68 Å². The van der Waals surface area contributed by atoms with Gasteiger partial charge in [0.2, 0.25) is 0 Å². The molecule has 1 saturated heterocycles. The van der Waals surface area contributed by atoms with Crippen LogP contribution in [0, 0.1) is 0 Å². The molecule has 1 aliphatic rings. The number of nitrogens with zero attached hydrogens (tertiary/aromatic N) is 5. The van der Waals surface area contributed by atoms with E-state index in [-0.39, 0.29) is 24.0 Å². The Hall–Kier alpha value is -1.65. The molecular weight excluding hydrogens is 489 g/mol. The molecule has 2 aromatic rings. The standard InChI is InChI=1S/C22H35N7.HI/c1-4-27-14-16-28(17-15-27)19(2)18-25-22(23-3)24-12-10-20-6-8-21(9-7-20)29-13-5-11-26-29;/h5-9,11,13,19H,4,10,12,14-18H2,1-3H3,(H2,23,24,25);1H. The van der Waals surface area contributed by atoms with E-state index in [1.54, 1.807) is 6.20 Å². The first-order valence-corrected chi connectivity index (χ1v) is 10.7. The SMILES string of the molecule is CCN1CCN(C(C)CNC(=NC)NCCc2ccc(-n3cccn3)cc2)CC1.I. The van der Waals surface area contributed by atoms with Gasteiger partial charge in [0.05, 0.1) is 5.69 Å². The number of piperazine rings is 1. The molecule has 0 saturated carbocycles. The summed E-state index contributed by atoms with van der Waals surface area (Å²) < 4.78 is 1.87. The molecule has 7 nitrogen and oxygen atoms in total. The maximum atomic E-state index is 4.37. The van der Waals surface area contributed by atoms with Crippen LogP contribution in [0.2, 0.25) is 0 Å². The summed E-state index contributed by atoms with van der Waals surface area (Å²) in [4.78, 5) is 9.44. The number of rotatable bonds is 8. The van der Waals surface area contributed by atoms with Crippen molar-refractivity contribution in [3.8, 4) is 5.69 Å². The molecule has 1 aromatic carbocycles. The Morgan fingerprint density at radius 3 is 2.47 bits per heavy atom. The summed E-state index contributed by atoms with van der Waals surface area (Å²) in [5.74, 6) is 0.872. The van der Waals surface area contributed by atoms with Gasteiger partial charge in [0.15, 0.2) is 5.96 Å². The lowest BCUT2D eigenvalue weighted by Gasteiger charge is -2.37. The summed E-state index contributed by atoms with van der Waals surface area (Å²) in [6.07, 6.45) is 4.70. The molecule has 0 radical (unpaired) electrons. The fourth-order valence-electron chi connectivity index (χ4n) is 3.68. The quantitative estimate of drug-likeness (QED) is 0.315. The first-order valence-electron chi connectivity index (χ1n) is 10.7. The number of likely N-dealkylation sites (N-methyl/N-ethyl adjacent to an activating group) is 1. The Kier molecular flexibility index (Phi) is 10.6. The van der Waals surface area contributed by atoms with Crippen LogP contribution >= 0.6 is 24.0 Å². The van der Waals surface area contributed by atoms with E-state index in [0.717, 1.165) is 50.8 Å². The van der Waals surface area contributed by atoms with Crippen molar-refractivity contribution in [1.82, 2.24) is 30.2 Å². The van der Waals surface area contributed by atoms with Crippen LogP contribution in [0.15, 0.2) is 47.7 Å². The zero-order valence-corrected chi connectivity index (χ0v) is 20.8. The zero-order valence-electron chi connectivity index (χ0n) is 18.4. The zero-order chi connectivity index (χ0) is 20.5. The fraction of sp³-hybridized carbons (Fsp3) is 0.545. The first kappa shape index (κ1) is 24.6. The average molecular weight is 525 g/mol. The third-order valence-corrected chi connectivity index (χ3v) is 5.68. The number of hydrogen-bond donors (Lipinski definition) is 2. The van der Waals surface area contributed by atoms with E-state index in [0.29, 0.717) is 6.04 Å². The van der Waals surface area contributed by atoms with Gasteiger partial charge in [-0.1, -0.05) is 19.1 Å². The van der Waals surface area contributed by atoms with Gasteiger partial charge in [-0.15, -0.1) is 24.0 Å². The number of nitrogens with one attached hydrogen (secondary N) is 2. The molecule has 8 heteroatoms. The van der Waals surface area contributed by atoms with Crippen LogP contribution in [0.1, 0.15) is 19.4 Å². The minimum Gasteiger partial charge on any atom is -0.356 e. The molecule has 1 unspecified atom stereocenters. The Labute approximate surface area is 197 Å². The first-order chi connectivity index (χ1) is 14.2. The molecule has 1 aliphatic heterocycles. The fourth-order valence-corrected chi connectivity index (χ4v) is 3.68. The summed E-state index contributed by atoms with van der Waals surface area (Å²) in [5.41, 5.74) is 2.38. The summed E-state index contributed by atoms with van der Waals surface area (Å²) in [7, 11) is 1.83. The van der Waals surface area contributed by atoms with E-state index in [1.165, 1.54) is 18.7 Å². The second-order valence-electron chi connectivity index (χ2n) is 7.57. The van der Waals surface area contributed by atoms with Crippen LogP contribution in [-0.4, -0.2) is 84.4 Å². The van der Waals surface area contributed by atoms with E-state index >= 15 is 0 Å². The van der Waals surface area contributed by atoms with Gasteiger partial charge >= 0.3 is 0 Å². The molecule has 1 atom stereocenters. The third-order valence-electron chi connectivity index (χ3n) is 5.68. The van der Waals surface area contributed by atoms with Gasteiger partial charge in [0.1, 0.15) is 0 Å². The molecule has 0 spiro atoms. The number of aromatic nitrogens is 2. The minimum atomic E-state index is 0. The third kappa shape index (κ3) is 7.24. The normalized spacial score (nSPS) is 16.7. The molecule has 30 heavy (non-hydrogen) atoms. The maximum Gasteiger partial charge on any atom is 0.191 e. The molecule has 3 rings (SSSR count). The van der Waals surface area contributed by atoms with E-state index in [4.69, 9.17) is 0 Å². The van der Waals surface area contributed by atoms with Crippen molar-refractivity contribution in [2.45, 2.75) is 26.3 Å². The van der Waals surface area contributed by atoms with Crippen molar-refractivity contribution in [2.24, 2.45) is 4.99 Å². The van der Waals surface area contributed by atoms with Crippen molar-refractivity contribution >= 4 is 29.9 Å². The molecule has 0 amide bonds. The van der Waals surface area contributed by atoms with Gasteiger partial charge in [0.25, 0.3) is 0 Å². The maximum absolute atomic E-state index is 4.37. The predicted molar refractivity (Wildman–Crippen MR) is 135 cm³/mol. The van der Waals surface area contributed by atoms with Gasteiger partial charge in [-0.2, -0.15) is 5.10 Å². The van der Waals surface area contributed by atoms with Crippen molar-refractivity contribution in [2.75, 3.05) is 52.9 Å². The monoisotopic (exact) mass is 525 g/mol. The average Bonchev–Trinajstić information content (AvgIpc) is 3.31. The summed E-state index contributed by atoms with van der Waals surface area (Å²) >= 11 is 0. The second kappa shape index (κ2) is 12.9. The van der Waals surface area contributed by atoms with E-state index in [9.17, 15) is 0 Å². The predicted octanol–water partition coefficient (Wildman–Crippen LogP) is 2.22. The Bertz CT molecular complexity index is 737. The van der Waals surface area contributed by atoms with E-state index in [1.807, 2.05) is 24.0 Å². The summed E-state index contributed by atoms with van der Waals surface area (Å²) in [6.45, 7) is 12.1. The lowest BCUT2D eigenvalue weighted by atomic mass is 10.1. The molecule has 2 N–H and O–H groups in total. The minimum absolute atomic E-state index is 0. The number of halogens is 1. The van der Waals surface area contributed by atoms with Crippen molar-refractivity contribution in [1.29, 1.82) is 0 Å². The second-order valence-corrected chi connectivity index (χ2v) is 7.57. The topological polar surface area (TPSA) is 60.7 Å². The highest BCUT2D eigenvalue weighted by Crippen LogP contribution is 2.09. The lowest BCUT2D eigenvalue weighted by Crippen LogP contribution is -2.53. The van der Waals surface area contributed by atoms with Gasteiger partial charge in [-0.05, 0) is 43.7 Å². The largest absolute Gasteiger partial charge is 0.356 e. The number of guanidine groups is 1. The van der Waals surface area contributed by atoms with E-state index < -0.39 is 0 Å². The molecule has 0 bridgehead atoms. The number of benzene rings is 1. The van der Waals surface area contributed by atoms with Crippen LogP contribution in [0.5, 0.6) is 0 Å². The van der Waals surface area contributed by atoms with Gasteiger partial charge in [0, 0.05) is 64.8 Å². The van der Waals surface area contributed by atoms with Crippen LogP contribution in [-0.2, 0) is 6.42 Å². The van der Waals surface area contributed by atoms with Crippen LogP contribution in [0.25, 0.3) is 5.69 Å². The van der Waals surface area contributed by atoms with Crippen LogP contribution < -0.4 is 10.6 Å². The van der Waals surface area contributed by atoms with Crippen molar-refractivity contribution < 1.29 is 0 Å². The lowest BCUT2D eigenvalue weighted by molar-refractivity contribution is 0.107. The van der Waals surface area contributed by atoms with E-state index in [2.05, 4.69) is 68.6 Å². The van der Waals surface area contributed by atoms with Crippen molar-refractivity contribution in [3.05, 3.63) is 48.3 Å². The number of aliphatic imine (C=N–C) groups is 1. The summed E-state index contributed by atoms with van der Waals surface area (Å²) in [6, 6.07) is 11.0. The summed E-state index contributed by atoms with van der Waals surface area (Å²) in [5, 5.41) is 11.2. The smallest absolute Gasteiger partial charge is 0.191 e. The van der Waals surface area contributed by atoms with Crippen LogP contribution in [0.3, 0.4) is 0 Å². The highest BCUT2D eigenvalue weighted by molar-refractivity contribution is 14.0. The molecule has 1 aromatic heterocycles. The highest BCUT2D eigenvalue weighted by atomic mass is 127. The molecular formula is C22H36IN7. The highest BCUT2D eigenvalue weighted by Gasteiger charge is 2.20. The molecule has 0 aliphatic carbocycles. The van der Waals surface area contributed by atoms with Gasteiger partial charge < -0.3 is 15.5 Å². The van der Waals surface area contributed by atoms with Crippen molar-refractivity contribution in [3.63, 3.8) is 0 Å². The molecule has 166 valence electrons. The molecule has 2 heterocycles. The number of hydrogen-bond acceptors (Lipinski definition) is 4. The van der Waals surface area contributed by atoms with Crippen LogP contribution in [0.4, 0.5) is 0 Å². The van der Waals surface area contributed by atoms with Gasteiger partial charge in [-0.3, -0.25) is 9.89 Å². The Balaban J connectivity index is 0.00000320. The Morgan fingerprint density at radius 2 is 1.87 bits per heavy atom.